The van der Waals surface area contributed by atoms with E-state index in [1.807, 2.05) is 9.44 Å². The topological polar surface area (TPSA) is 151 Å². The Morgan fingerprint density at radius 1 is 0.645 bits per heavy atom. The van der Waals surface area contributed by atoms with Gasteiger partial charge in [-0.2, -0.15) is 0 Å². The number of rotatable bonds is 8. The molecule has 4 amide bonds. The number of anilines is 2. The van der Waals surface area contributed by atoms with E-state index in [0.717, 1.165) is 11.1 Å². The van der Waals surface area contributed by atoms with Gasteiger partial charge in [-0.3, -0.25) is 0 Å². The summed E-state index contributed by atoms with van der Waals surface area (Å²) in [5, 5.41) is 4.90. The average Bonchev–Trinajstić information content (AvgIpc) is 2.70. The highest BCUT2D eigenvalue weighted by atomic mass is 32.2. The number of sulfonamides is 2. The zero-order chi connectivity index (χ0) is 23.1. The molecule has 0 spiro atoms. The number of nitrogens with one attached hydrogen (secondary N) is 4. The first-order valence-corrected chi connectivity index (χ1v) is 12.6. The first kappa shape index (κ1) is 24.2. The normalized spacial score (nSPS) is 11.4. The summed E-state index contributed by atoms with van der Waals surface area (Å²) in [5.74, 6) is -0.396. The third kappa shape index (κ3) is 8.26. The van der Waals surface area contributed by atoms with Crippen molar-refractivity contribution in [2.45, 2.75) is 20.3 Å². The summed E-state index contributed by atoms with van der Waals surface area (Å²) in [7, 11) is -7.26. The number of carbonyl (C=O) groups excluding carboxylic acids is 2. The number of amides is 4. The van der Waals surface area contributed by atoms with Crippen LogP contribution >= 0.6 is 0 Å². The number of hydrogen-bond acceptors (Lipinski definition) is 6. The Balaban J connectivity index is 1.92. The van der Waals surface area contributed by atoms with E-state index in [-0.39, 0.29) is 11.5 Å². The molecule has 2 aromatic rings. The van der Waals surface area contributed by atoms with Crippen LogP contribution < -0.4 is 20.1 Å². The molecule has 0 radical (unpaired) electrons. The van der Waals surface area contributed by atoms with Gasteiger partial charge >= 0.3 is 12.1 Å². The van der Waals surface area contributed by atoms with Crippen LogP contribution in [0, 0.1) is 0 Å². The Hall–Kier alpha value is -3.12. The largest absolute Gasteiger partial charge is 0.332 e. The molecule has 0 aliphatic heterocycles. The number of benzene rings is 2. The van der Waals surface area contributed by atoms with Gasteiger partial charge in [-0.1, -0.05) is 24.3 Å². The fourth-order valence-corrected chi connectivity index (χ4v) is 3.34. The van der Waals surface area contributed by atoms with Crippen molar-refractivity contribution >= 4 is 43.5 Å². The number of carbonyl (C=O) groups is 2. The Kier molecular flexibility index (Phi) is 8.00. The van der Waals surface area contributed by atoms with Crippen LogP contribution in [0.1, 0.15) is 25.0 Å². The minimum atomic E-state index is -3.63. The maximum atomic E-state index is 11.7. The van der Waals surface area contributed by atoms with E-state index < -0.39 is 32.1 Å². The molecule has 4 N–H and O–H groups in total. The Morgan fingerprint density at radius 2 is 0.968 bits per heavy atom. The molecule has 0 aliphatic rings. The summed E-state index contributed by atoms with van der Waals surface area (Å²) < 4.78 is 49.4. The lowest BCUT2D eigenvalue weighted by Gasteiger charge is -2.09. The fourth-order valence-electron chi connectivity index (χ4n) is 2.39. The summed E-state index contributed by atoms with van der Waals surface area (Å²) in [4.78, 5) is 23.4. The van der Waals surface area contributed by atoms with E-state index in [0.29, 0.717) is 17.8 Å². The van der Waals surface area contributed by atoms with Gasteiger partial charge in [0.15, 0.2) is 0 Å². The van der Waals surface area contributed by atoms with Crippen molar-refractivity contribution in [3.8, 4) is 0 Å². The van der Waals surface area contributed by atoms with Crippen molar-refractivity contribution < 1.29 is 26.4 Å². The van der Waals surface area contributed by atoms with E-state index in [1.54, 1.807) is 48.5 Å². The number of urea groups is 2. The molecule has 12 heteroatoms. The van der Waals surface area contributed by atoms with E-state index in [4.69, 9.17) is 0 Å². The summed E-state index contributed by atoms with van der Waals surface area (Å²) in [6.07, 6.45) is 0.577. The molecule has 0 fully saturated rings. The van der Waals surface area contributed by atoms with Crippen LogP contribution in [-0.2, 0) is 26.5 Å². The molecule has 0 aromatic heterocycles. The van der Waals surface area contributed by atoms with Gasteiger partial charge in [0.1, 0.15) is 0 Å². The standard InChI is InChI=1S/C19H24N4O6S2/c1-3-30(26,27)22-18(24)20-16-9-5-14(6-10-16)13-15-7-11-17(12-8-15)21-19(25)23-31(28,29)4-2/h5-12H,3-4,13H2,1-2H3,(H2,20,22,24)(H2,21,23,25). The second-order valence-corrected chi connectivity index (χ2v) is 10.5. The monoisotopic (exact) mass is 468 g/mol. The maximum absolute atomic E-state index is 11.7. The molecule has 0 saturated heterocycles. The van der Waals surface area contributed by atoms with Gasteiger partial charge in [0.25, 0.3) is 0 Å². The molecule has 10 nitrogen and oxygen atoms in total. The van der Waals surface area contributed by atoms with E-state index in [9.17, 15) is 26.4 Å². The van der Waals surface area contributed by atoms with Crippen LogP contribution in [0.25, 0.3) is 0 Å². The summed E-state index contributed by atoms with van der Waals surface area (Å²) in [6, 6.07) is 12.1. The lowest BCUT2D eigenvalue weighted by Crippen LogP contribution is -2.35. The zero-order valence-electron chi connectivity index (χ0n) is 17.0. The smallest absolute Gasteiger partial charge is 0.307 e. The second-order valence-electron chi connectivity index (χ2n) is 6.49. The molecule has 0 unspecified atom stereocenters. The summed E-state index contributed by atoms with van der Waals surface area (Å²) in [6.45, 7) is 2.86. The minimum Gasteiger partial charge on any atom is -0.307 e. The third-order valence-corrected chi connectivity index (χ3v) is 6.60. The highest BCUT2D eigenvalue weighted by Crippen LogP contribution is 2.16. The molecule has 2 aromatic carbocycles. The summed E-state index contributed by atoms with van der Waals surface area (Å²) in [5.41, 5.74) is 2.78. The highest BCUT2D eigenvalue weighted by Gasteiger charge is 2.12. The molecule has 31 heavy (non-hydrogen) atoms. The molecular formula is C19H24N4O6S2. The SMILES string of the molecule is CCS(=O)(=O)NC(=O)Nc1ccc(Cc2ccc(NC(=O)NS(=O)(=O)CC)cc2)cc1. The Bertz CT molecular complexity index is 1040. The molecule has 0 aliphatic carbocycles. The van der Waals surface area contributed by atoms with Crippen molar-refractivity contribution in [3.63, 3.8) is 0 Å². The van der Waals surface area contributed by atoms with Gasteiger partial charge < -0.3 is 10.6 Å². The lowest BCUT2D eigenvalue weighted by atomic mass is 10.0. The average molecular weight is 469 g/mol. The fraction of sp³-hybridized carbons (Fsp3) is 0.263. The van der Waals surface area contributed by atoms with Gasteiger partial charge in [-0.25, -0.2) is 35.9 Å². The van der Waals surface area contributed by atoms with E-state index in [2.05, 4.69) is 10.6 Å². The van der Waals surface area contributed by atoms with Gasteiger partial charge in [0, 0.05) is 11.4 Å². The van der Waals surface area contributed by atoms with E-state index in [1.165, 1.54) is 13.8 Å². The predicted octanol–water partition coefficient (Wildman–Crippen LogP) is 2.22. The van der Waals surface area contributed by atoms with Crippen molar-refractivity contribution in [1.29, 1.82) is 0 Å². The summed E-state index contributed by atoms with van der Waals surface area (Å²) >= 11 is 0. The highest BCUT2D eigenvalue weighted by molar-refractivity contribution is 7.90. The Labute approximate surface area is 181 Å². The van der Waals surface area contributed by atoms with Gasteiger partial charge in [-0.05, 0) is 55.7 Å². The van der Waals surface area contributed by atoms with Crippen molar-refractivity contribution in [2.75, 3.05) is 22.1 Å². The van der Waals surface area contributed by atoms with Crippen LogP contribution in [0.4, 0.5) is 21.0 Å². The third-order valence-electron chi connectivity index (χ3n) is 4.09. The molecule has 168 valence electrons. The first-order chi connectivity index (χ1) is 14.5. The van der Waals surface area contributed by atoms with Crippen LogP contribution in [0.2, 0.25) is 0 Å². The van der Waals surface area contributed by atoms with Crippen molar-refractivity contribution in [3.05, 3.63) is 59.7 Å². The molecule has 2 rings (SSSR count). The van der Waals surface area contributed by atoms with Crippen molar-refractivity contribution in [1.82, 2.24) is 9.44 Å². The quantitative estimate of drug-likeness (QED) is 0.466. The van der Waals surface area contributed by atoms with Gasteiger partial charge in [-0.15, -0.1) is 0 Å². The molecule has 0 atom stereocenters. The predicted molar refractivity (Wildman–Crippen MR) is 119 cm³/mol. The molecular weight excluding hydrogens is 444 g/mol. The van der Waals surface area contributed by atoms with Gasteiger partial charge in [0.05, 0.1) is 11.5 Å². The minimum absolute atomic E-state index is 0.198. The second kappa shape index (κ2) is 10.3. The van der Waals surface area contributed by atoms with E-state index >= 15 is 0 Å². The lowest BCUT2D eigenvalue weighted by molar-refractivity contribution is 0.255. The molecule has 0 bridgehead atoms. The Morgan fingerprint density at radius 3 is 1.26 bits per heavy atom. The van der Waals surface area contributed by atoms with Crippen LogP contribution in [-0.4, -0.2) is 40.4 Å². The number of hydrogen-bond donors (Lipinski definition) is 4. The molecule has 0 saturated carbocycles. The first-order valence-electron chi connectivity index (χ1n) is 9.32. The zero-order valence-corrected chi connectivity index (χ0v) is 18.6. The van der Waals surface area contributed by atoms with Crippen LogP contribution in [0.5, 0.6) is 0 Å². The molecule has 0 heterocycles. The van der Waals surface area contributed by atoms with Gasteiger partial charge in [0.2, 0.25) is 20.0 Å². The van der Waals surface area contributed by atoms with Crippen LogP contribution in [0.3, 0.4) is 0 Å². The van der Waals surface area contributed by atoms with Crippen LogP contribution in [0.15, 0.2) is 48.5 Å². The van der Waals surface area contributed by atoms with Crippen molar-refractivity contribution in [2.24, 2.45) is 0 Å². The maximum Gasteiger partial charge on any atom is 0.332 e.